The third-order valence-electron chi connectivity index (χ3n) is 8.62. The Kier molecular flexibility index (Phi) is 12.2. The van der Waals surface area contributed by atoms with Crippen LogP contribution < -0.4 is 15.1 Å². The summed E-state index contributed by atoms with van der Waals surface area (Å²) in [4.78, 5) is 50.1. The van der Waals surface area contributed by atoms with Crippen LogP contribution in [-0.4, -0.2) is 101 Å². The molecule has 0 unspecified atom stereocenters. The van der Waals surface area contributed by atoms with E-state index in [2.05, 4.69) is 63.1 Å². The van der Waals surface area contributed by atoms with E-state index in [-0.39, 0.29) is 25.0 Å². The van der Waals surface area contributed by atoms with Crippen LogP contribution in [0.4, 0.5) is 20.4 Å². The van der Waals surface area contributed by atoms with E-state index in [1.807, 2.05) is 24.5 Å². The minimum atomic E-state index is -0.505. The van der Waals surface area contributed by atoms with E-state index >= 15 is 0 Å². The molecule has 49 heavy (non-hydrogen) atoms. The lowest BCUT2D eigenvalue weighted by molar-refractivity contribution is 0.0733. The molecule has 0 bridgehead atoms. The number of nitrogens with zero attached hydrogens (tertiary/aromatic N) is 7. The third kappa shape index (κ3) is 8.43. The number of alkyl halides is 3. The summed E-state index contributed by atoms with van der Waals surface area (Å²) in [7, 11) is 0. The predicted molar refractivity (Wildman–Crippen MR) is 195 cm³/mol. The second kappa shape index (κ2) is 16.9. The average Bonchev–Trinajstić information content (AvgIpc) is 3.97. The van der Waals surface area contributed by atoms with Gasteiger partial charge in [-0.25, -0.2) is 24.3 Å². The second-order valence-electron chi connectivity index (χ2n) is 11.9. The Morgan fingerprint density at radius 1 is 0.735 bits per heavy atom. The quantitative estimate of drug-likeness (QED) is 0.221. The highest BCUT2D eigenvalue weighted by Gasteiger charge is 2.28. The largest absolute Gasteiger partial charge is 0.357 e. The fourth-order valence-electron chi connectivity index (χ4n) is 6.10. The van der Waals surface area contributed by atoms with Crippen molar-refractivity contribution in [1.82, 2.24) is 30.2 Å². The van der Waals surface area contributed by atoms with Gasteiger partial charge < -0.3 is 20.0 Å². The summed E-state index contributed by atoms with van der Waals surface area (Å²) in [6, 6.07) is 8.16. The van der Waals surface area contributed by atoms with Crippen molar-refractivity contribution in [2.24, 2.45) is 0 Å². The first-order chi connectivity index (χ1) is 24.0. The summed E-state index contributed by atoms with van der Waals surface area (Å²) >= 11 is 5.72. The van der Waals surface area contributed by atoms with Crippen LogP contribution in [0, 0.1) is 0 Å². The summed E-state index contributed by atoms with van der Waals surface area (Å²) in [5, 5.41) is 5.03. The predicted octanol–water partition coefficient (Wildman–Crippen LogP) is 6.22. The normalized spacial score (nSPS) is 16.8. The lowest BCUT2D eigenvalue weighted by Crippen LogP contribution is -2.38. The first-order valence-corrected chi connectivity index (χ1v) is 19.4. The Bertz CT molecular complexity index is 1710. The minimum absolute atomic E-state index is 0.00152. The Morgan fingerprint density at radius 2 is 1.27 bits per heavy atom. The molecule has 260 valence electrons. The zero-order valence-electron chi connectivity index (χ0n) is 27.2. The van der Waals surface area contributed by atoms with Gasteiger partial charge >= 0.3 is 0 Å². The molecular formula is C34H39BrF2N8O2S2. The monoisotopic (exact) mass is 772 g/mol. The zero-order chi connectivity index (χ0) is 34.2. The minimum Gasteiger partial charge on any atom is -0.357 e. The molecule has 4 aliphatic rings. The van der Waals surface area contributed by atoms with Gasteiger partial charge in [0.15, 0.2) is 0 Å². The van der Waals surface area contributed by atoms with E-state index < -0.39 is 6.67 Å². The van der Waals surface area contributed by atoms with Crippen molar-refractivity contribution in [3.05, 3.63) is 57.8 Å². The molecule has 0 radical (unpaired) electrons. The topological polar surface area (TPSA) is 107 Å². The number of pyridine rings is 2. The Labute approximate surface area is 301 Å². The number of thiazole rings is 2. The van der Waals surface area contributed by atoms with E-state index in [0.29, 0.717) is 29.7 Å². The highest BCUT2D eigenvalue weighted by atomic mass is 79.9. The van der Waals surface area contributed by atoms with E-state index in [1.54, 1.807) is 4.90 Å². The lowest BCUT2D eigenvalue weighted by Gasteiger charge is -2.24. The Balaban J connectivity index is 0.000000155. The van der Waals surface area contributed by atoms with Gasteiger partial charge in [0.2, 0.25) is 0 Å². The number of hydrogen-bond donors (Lipinski definition) is 1. The van der Waals surface area contributed by atoms with E-state index in [4.69, 9.17) is 0 Å². The van der Waals surface area contributed by atoms with Crippen molar-refractivity contribution < 1.29 is 18.4 Å². The molecule has 4 aromatic rings. The molecule has 4 aliphatic heterocycles. The SMILES string of the molecule is FCCBr.O=C1NCCc2nc(-c3ccc(N4CCCC4)nc3)sc21.O=C1c2sc(-c3ccc(N4CCCC4)nc3)nc2CCN1CCF. The smallest absolute Gasteiger partial charge is 0.265 e. The number of anilines is 2. The molecule has 4 aromatic heterocycles. The molecular weight excluding hydrogens is 734 g/mol. The summed E-state index contributed by atoms with van der Waals surface area (Å²) in [6.07, 6.45) is 10.2. The first-order valence-electron chi connectivity index (χ1n) is 16.7. The van der Waals surface area contributed by atoms with Crippen LogP contribution in [0.25, 0.3) is 21.1 Å². The third-order valence-corrected chi connectivity index (χ3v) is 11.2. The Hall–Kier alpha value is -3.56. The highest BCUT2D eigenvalue weighted by molar-refractivity contribution is 9.09. The molecule has 0 saturated carbocycles. The van der Waals surface area contributed by atoms with Gasteiger partial charge in [-0.05, 0) is 49.9 Å². The molecule has 1 N–H and O–H groups in total. The summed E-state index contributed by atoms with van der Waals surface area (Å²) in [5.74, 6) is 1.94. The van der Waals surface area contributed by atoms with E-state index in [1.165, 1.54) is 48.4 Å². The molecule has 0 aliphatic carbocycles. The second-order valence-corrected chi connectivity index (χ2v) is 14.7. The van der Waals surface area contributed by atoms with Crippen LogP contribution in [0.1, 0.15) is 56.4 Å². The van der Waals surface area contributed by atoms with E-state index in [0.717, 1.165) is 81.6 Å². The van der Waals surface area contributed by atoms with Gasteiger partial charge in [0.1, 0.15) is 38.1 Å². The van der Waals surface area contributed by atoms with Crippen LogP contribution in [0.3, 0.4) is 0 Å². The maximum atomic E-state index is 12.5. The number of nitrogens with one attached hydrogen (secondary N) is 1. The first kappa shape index (κ1) is 35.3. The number of fused-ring (bicyclic) bond motifs is 2. The number of carbonyl (C=O) groups excluding carboxylic acids is 2. The van der Waals surface area contributed by atoms with Crippen molar-refractivity contribution in [2.75, 3.05) is 74.3 Å². The summed E-state index contributed by atoms with van der Waals surface area (Å²) < 4.78 is 23.2. The van der Waals surface area contributed by atoms with Crippen LogP contribution in [0.15, 0.2) is 36.7 Å². The van der Waals surface area contributed by atoms with Gasteiger partial charge in [-0.15, -0.1) is 22.7 Å². The maximum absolute atomic E-state index is 12.5. The Morgan fingerprint density at radius 3 is 1.73 bits per heavy atom. The van der Waals surface area contributed by atoms with Crippen molar-refractivity contribution in [1.29, 1.82) is 0 Å². The number of amides is 2. The molecule has 2 fully saturated rings. The highest BCUT2D eigenvalue weighted by Crippen LogP contribution is 2.33. The molecule has 2 amide bonds. The number of hydrogen-bond acceptors (Lipinski definition) is 10. The molecule has 8 heterocycles. The molecule has 2 saturated heterocycles. The lowest BCUT2D eigenvalue weighted by atomic mass is 10.1. The van der Waals surface area contributed by atoms with E-state index in [9.17, 15) is 18.4 Å². The van der Waals surface area contributed by atoms with Crippen molar-refractivity contribution in [2.45, 2.75) is 38.5 Å². The fourth-order valence-corrected chi connectivity index (χ4v) is 8.19. The standard InChI is InChI=1S/C17H19FN4OS.C15H16N4OS.C2H4BrF/c18-6-10-22-9-5-13-15(17(22)23)24-16(20-13)12-3-4-14(19-11-12)21-7-1-2-8-21;20-14-13-11(5-6-16-14)18-15(21-13)10-3-4-12(17-9-10)19-7-1-2-8-19;3-1-2-4/h3-4,11H,1-2,5-10H2;3-4,9H,1-2,5-8H2,(H,16,20);1-2H2. The number of aromatic nitrogens is 4. The fraction of sp³-hybridized carbons (Fsp3) is 0.471. The van der Waals surface area contributed by atoms with Crippen molar-refractivity contribution in [3.63, 3.8) is 0 Å². The number of carbonyl (C=O) groups is 2. The van der Waals surface area contributed by atoms with Crippen LogP contribution in [0.5, 0.6) is 0 Å². The van der Waals surface area contributed by atoms with Crippen molar-refractivity contribution in [3.8, 4) is 21.1 Å². The molecule has 0 spiro atoms. The van der Waals surface area contributed by atoms with Crippen LogP contribution in [0.2, 0.25) is 0 Å². The van der Waals surface area contributed by atoms with Crippen LogP contribution >= 0.6 is 38.6 Å². The molecule has 8 rings (SSSR count). The summed E-state index contributed by atoms with van der Waals surface area (Å²) in [5.41, 5.74) is 3.67. The molecule has 0 aromatic carbocycles. The molecule has 15 heteroatoms. The summed E-state index contributed by atoms with van der Waals surface area (Å²) in [6.45, 7) is 4.95. The van der Waals surface area contributed by atoms with Gasteiger partial charge in [0, 0.05) is 87.5 Å². The number of halogens is 3. The van der Waals surface area contributed by atoms with Gasteiger partial charge in [-0.2, -0.15) is 0 Å². The van der Waals surface area contributed by atoms with Crippen LogP contribution in [-0.2, 0) is 12.8 Å². The maximum Gasteiger partial charge on any atom is 0.265 e. The number of rotatable bonds is 7. The molecule has 0 atom stereocenters. The van der Waals surface area contributed by atoms with Gasteiger partial charge in [-0.1, -0.05) is 15.9 Å². The average molecular weight is 774 g/mol. The van der Waals surface area contributed by atoms with Crippen molar-refractivity contribution >= 4 is 62.1 Å². The zero-order valence-corrected chi connectivity index (χ0v) is 30.4. The van der Waals surface area contributed by atoms with Gasteiger partial charge in [-0.3, -0.25) is 14.0 Å². The van der Waals surface area contributed by atoms with Gasteiger partial charge in [0.05, 0.1) is 18.1 Å². The molecule has 10 nitrogen and oxygen atoms in total. The van der Waals surface area contributed by atoms with Gasteiger partial charge in [0.25, 0.3) is 11.8 Å².